The van der Waals surface area contributed by atoms with Gasteiger partial charge in [-0.3, -0.25) is 4.79 Å². The van der Waals surface area contributed by atoms with E-state index in [0.717, 1.165) is 0 Å². The number of hydrogen-bond acceptors (Lipinski definition) is 3. The summed E-state index contributed by atoms with van der Waals surface area (Å²) in [5.74, 6) is 2.60. The first-order valence-electron chi connectivity index (χ1n) is 5.50. The van der Waals surface area contributed by atoms with Gasteiger partial charge in [0.25, 0.3) is 0 Å². The van der Waals surface area contributed by atoms with E-state index in [1.807, 2.05) is 20.8 Å². The summed E-state index contributed by atoms with van der Waals surface area (Å²) in [7, 11) is -1.37. The van der Waals surface area contributed by atoms with Gasteiger partial charge in [0.1, 0.15) is 19.7 Å². The number of hydrogen-bond donors (Lipinski definition) is 1. The Morgan fingerprint density at radius 3 is 2.25 bits per heavy atom. The van der Waals surface area contributed by atoms with Crippen molar-refractivity contribution < 1.29 is 9.53 Å². The van der Waals surface area contributed by atoms with E-state index >= 15 is 0 Å². The fraction of sp³-hybridized carbons (Fsp3) is 0.750. The molecule has 0 aliphatic heterocycles. The highest BCUT2D eigenvalue weighted by Gasteiger charge is 2.21. The van der Waals surface area contributed by atoms with E-state index in [4.69, 9.17) is 10.5 Å². The first kappa shape index (κ1) is 15.2. The molecule has 0 heterocycles. The zero-order valence-corrected chi connectivity index (χ0v) is 12.2. The molecule has 0 radical (unpaired) electrons. The Morgan fingerprint density at radius 2 is 1.88 bits per heavy atom. The molecule has 3 nitrogen and oxygen atoms in total. The van der Waals surface area contributed by atoms with Crippen LogP contribution >= 0.6 is 0 Å². The molecule has 0 aromatic carbocycles. The molecular formula is C12H23NO2Si. The van der Waals surface area contributed by atoms with Gasteiger partial charge >= 0.3 is 5.97 Å². The van der Waals surface area contributed by atoms with Crippen LogP contribution in [0.1, 0.15) is 27.2 Å². The predicted octanol–water partition coefficient (Wildman–Crippen LogP) is 1.93. The van der Waals surface area contributed by atoms with Crippen molar-refractivity contribution in [2.75, 3.05) is 0 Å². The maximum Gasteiger partial charge on any atom is 0.324 e. The minimum atomic E-state index is -1.37. The lowest BCUT2D eigenvalue weighted by molar-refractivity contribution is -0.156. The zero-order valence-electron chi connectivity index (χ0n) is 11.2. The van der Waals surface area contributed by atoms with E-state index in [9.17, 15) is 4.79 Å². The molecular weight excluding hydrogens is 218 g/mol. The highest BCUT2D eigenvalue weighted by Crippen LogP contribution is 2.08. The first-order chi connectivity index (χ1) is 7.01. The molecule has 0 bridgehead atoms. The fourth-order valence-electron chi connectivity index (χ4n) is 0.887. The molecule has 0 rings (SSSR count). The normalized spacial score (nSPS) is 13.7. The smallest absolute Gasteiger partial charge is 0.324 e. The maximum atomic E-state index is 11.5. The second-order valence-corrected chi connectivity index (χ2v) is 10.6. The summed E-state index contributed by atoms with van der Waals surface area (Å²) in [5.41, 5.74) is 8.38. The zero-order chi connectivity index (χ0) is 13.0. The van der Waals surface area contributed by atoms with Crippen molar-refractivity contribution in [2.24, 2.45) is 5.73 Å². The lowest BCUT2D eigenvalue weighted by atomic mass is 10.2. The van der Waals surface area contributed by atoms with Gasteiger partial charge in [-0.2, -0.15) is 0 Å². The van der Waals surface area contributed by atoms with Crippen molar-refractivity contribution in [1.82, 2.24) is 0 Å². The van der Waals surface area contributed by atoms with Crippen LogP contribution in [0.15, 0.2) is 0 Å². The molecule has 0 aliphatic carbocycles. The molecule has 92 valence electrons. The summed E-state index contributed by atoms with van der Waals surface area (Å²) in [6.07, 6.45) is 0.374. The standard InChI is InChI=1S/C12H23NO2Si/c1-12(2,3)15-11(14)10(13)8-7-9-16(4,5)6/h10H,8,13H2,1-6H3. The van der Waals surface area contributed by atoms with E-state index in [-0.39, 0.29) is 5.97 Å². The van der Waals surface area contributed by atoms with Gasteiger partial charge in [0.05, 0.1) is 0 Å². The Hall–Kier alpha value is -0.793. The van der Waals surface area contributed by atoms with Crippen LogP contribution in [0.4, 0.5) is 0 Å². The molecule has 0 saturated carbocycles. The van der Waals surface area contributed by atoms with Crippen molar-refractivity contribution in [3.05, 3.63) is 0 Å². The van der Waals surface area contributed by atoms with Gasteiger partial charge in [-0.05, 0) is 20.8 Å². The molecule has 0 amide bonds. The highest BCUT2D eigenvalue weighted by atomic mass is 28.3. The number of ether oxygens (including phenoxy) is 1. The number of esters is 1. The lowest BCUT2D eigenvalue weighted by Gasteiger charge is -2.21. The maximum absolute atomic E-state index is 11.5. The molecule has 4 heteroatoms. The largest absolute Gasteiger partial charge is 0.459 e. The third-order valence-corrected chi connectivity index (χ3v) is 2.42. The molecule has 1 atom stereocenters. The van der Waals surface area contributed by atoms with Crippen LogP contribution in [0, 0.1) is 11.5 Å². The molecule has 0 aliphatic rings. The monoisotopic (exact) mass is 241 g/mol. The van der Waals surface area contributed by atoms with Gasteiger partial charge in [-0.25, -0.2) is 0 Å². The van der Waals surface area contributed by atoms with Crippen molar-refractivity contribution in [1.29, 1.82) is 0 Å². The molecule has 2 N–H and O–H groups in total. The molecule has 0 aromatic rings. The van der Waals surface area contributed by atoms with E-state index in [1.165, 1.54) is 0 Å². The highest BCUT2D eigenvalue weighted by molar-refractivity contribution is 6.83. The fourth-order valence-corrected chi connectivity index (χ4v) is 1.52. The quantitative estimate of drug-likeness (QED) is 0.456. The van der Waals surface area contributed by atoms with E-state index in [0.29, 0.717) is 6.42 Å². The summed E-state index contributed by atoms with van der Waals surface area (Å²) >= 11 is 0. The molecule has 0 spiro atoms. The van der Waals surface area contributed by atoms with E-state index < -0.39 is 19.7 Å². The molecule has 16 heavy (non-hydrogen) atoms. The second-order valence-electron chi connectivity index (χ2n) is 5.90. The van der Waals surface area contributed by atoms with E-state index in [1.54, 1.807) is 0 Å². The summed E-state index contributed by atoms with van der Waals surface area (Å²) in [6, 6.07) is -0.636. The van der Waals surface area contributed by atoms with Crippen molar-refractivity contribution in [3.8, 4) is 11.5 Å². The first-order valence-corrected chi connectivity index (χ1v) is 9.00. The third kappa shape index (κ3) is 8.51. The summed E-state index contributed by atoms with van der Waals surface area (Å²) < 4.78 is 5.16. The minimum absolute atomic E-state index is 0.374. The number of nitrogens with two attached hydrogens (primary N) is 1. The van der Waals surface area contributed by atoms with Crippen LogP contribution in [0.2, 0.25) is 19.6 Å². The van der Waals surface area contributed by atoms with Crippen LogP contribution < -0.4 is 5.73 Å². The average Bonchev–Trinajstić information content (AvgIpc) is 1.98. The van der Waals surface area contributed by atoms with Crippen LogP contribution in [0.25, 0.3) is 0 Å². The van der Waals surface area contributed by atoms with Gasteiger partial charge in [0.2, 0.25) is 0 Å². The minimum Gasteiger partial charge on any atom is -0.459 e. The van der Waals surface area contributed by atoms with Gasteiger partial charge in [0, 0.05) is 6.42 Å². The SMILES string of the molecule is CC(C)(C)OC(=O)C(N)CC#C[Si](C)(C)C. The Kier molecular flexibility index (Phi) is 5.24. The van der Waals surface area contributed by atoms with Gasteiger partial charge < -0.3 is 10.5 Å². The van der Waals surface area contributed by atoms with Crippen LogP contribution in [-0.2, 0) is 9.53 Å². The van der Waals surface area contributed by atoms with Crippen LogP contribution in [-0.4, -0.2) is 25.7 Å². The topological polar surface area (TPSA) is 52.3 Å². The Labute approximate surface area is 99.7 Å². The Bertz CT molecular complexity index is 302. The Morgan fingerprint density at radius 1 is 1.38 bits per heavy atom. The Balaban J connectivity index is 4.21. The van der Waals surface area contributed by atoms with Crippen LogP contribution in [0.5, 0.6) is 0 Å². The van der Waals surface area contributed by atoms with Gasteiger partial charge in [-0.15, -0.1) is 11.5 Å². The van der Waals surface area contributed by atoms with Crippen molar-refractivity contribution >= 4 is 14.0 Å². The average molecular weight is 241 g/mol. The van der Waals surface area contributed by atoms with E-state index in [2.05, 4.69) is 31.1 Å². The molecule has 0 aromatic heterocycles. The number of rotatable bonds is 2. The third-order valence-electron chi connectivity index (χ3n) is 1.49. The van der Waals surface area contributed by atoms with Gasteiger partial charge in [-0.1, -0.05) is 19.6 Å². The summed E-state index contributed by atoms with van der Waals surface area (Å²) in [4.78, 5) is 11.5. The number of carbonyl (C=O) groups is 1. The molecule has 1 unspecified atom stereocenters. The lowest BCUT2D eigenvalue weighted by Crippen LogP contribution is -2.37. The summed E-state index contributed by atoms with van der Waals surface area (Å²) in [5, 5.41) is 0. The summed E-state index contributed by atoms with van der Waals surface area (Å²) in [6.45, 7) is 11.9. The van der Waals surface area contributed by atoms with Gasteiger partial charge in [0.15, 0.2) is 0 Å². The van der Waals surface area contributed by atoms with Crippen molar-refractivity contribution in [2.45, 2.75) is 58.5 Å². The molecule has 0 saturated heterocycles. The number of carbonyl (C=O) groups excluding carboxylic acids is 1. The molecule has 0 fully saturated rings. The second kappa shape index (κ2) is 5.51. The van der Waals surface area contributed by atoms with Crippen molar-refractivity contribution in [3.63, 3.8) is 0 Å². The predicted molar refractivity (Wildman–Crippen MR) is 69.6 cm³/mol. The van der Waals surface area contributed by atoms with Crippen LogP contribution in [0.3, 0.4) is 0 Å².